The van der Waals surface area contributed by atoms with Crippen LogP contribution in [-0.2, 0) is 9.93 Å². The molecule has 1 unspecified atom stereocenters. The molecule has 92 valence electrons. The fourth-order valence-corrected chi connectivity index (χ4v) is 1.69. The number of unbranched alkanes of at least 4 members (excludes halogenated alkanes) is 7. The van der Waals surface area contributed by atoms with Crippen molar-refractivity contribution in [2.75, 3.05) is 0 Å². The molecule has 0 radical (unpaired) electrons. The molecule has 0 aliphatic heterocycles. The molecule has 3 heteroatoms. The predicted octanol–water partition coefficient (Wildman–Crippen LogP) is 4.33. The molecule has 0 heterocycles. The van der Waals surface area contributed by atoms with E-state index in [2.05, 4.69) is 16.8 Å². The Morgan fingerprint density at radius 2 is 1.47 bits per heavy atom. The van der Waals surface area contributed by atoms with E-state index in [0.717, 1.165) is 12.8 Å². The monoisotopic (exact) mass is 218 g/mol. The van der Waals surface area contributed by atoms with Crippen LogP contribution in [0.15, 0.2) is 0 Å². The third-order valence-electron chi connectivity index (χ3n) is 2.67. The molecule has 0 aliphatic rings. The average molecular weight is 218 g/mol. The maximum absolute atomic E-state index is 8.04. The molecule has 0 saturated carbocycles. The molecular weight excluding hydrogens is 192 g/mol. The van der Waals surface area contributed by atoms with Gasteiger partial charge in [0.25, 0.3) is 0 Å². The zero-order valence-corrected chi connectivity index (χ0v) is 10.2. The summed E-state index contributed by atoms with van der Waals surface area (Å²) in [5, 5.41) is 11.7. The van der Waals surface area contributed by atoms with Crippen LogP contribution >= 0.6 is 0 Å². The summed E-state index contributed by atoms with van der Waals surface area (Å²) in [7, 11) is 0. The van der Waals surface area contributed by atoms with E-state index in [1.807, 2.05) is 6.92 Å². The van der Waals surface area contributed by atoms with Gasteiger partial charge < -0.3 is 0 Å². The lowest BCUT2D eigenvalue weighted by molar-refractivity contribution is -0.504. The number of hydrogen-bond donors (Lipinski definition) is 1. The van der Waals surface area contributed by atoms with Crippen molar-refractivity contribution in [2.45, 2.75) is 77.7 Å². The van der Waals surface area contributed by atoms with Gasteiger partial charge in [-0.05, 0) is 13.3 Å². The Labute approximate surface area is 93.6 Å². The van der Waals surface area contributed by atoms with Gasteiger partial charge in [0, 0.05) is 0 Å². The third-order valence-corrected chi connectivity index (χ3v) is 2.67. The first-order valence-electron chi connectivity index (χ1n) is 6.28. The van der Waals surface area contributed by atoms with Crippen LogP contribution in [0.3, 0.4) is 0 Å². The van der Waals surface area contributed by atoms with Crippen molar-refractivity contribution in [3.8, 4) is 0 Å². The van der Waals surface area contributed by atoms with Gasteiger partial charge in [-0.2, -0.15) is 0 Å². The first kappa shape index (κ1) is 14.9. The molecule has 0 aliphatic carbocycles. The first-order chi connectivity index (χ1) is 7.31. The summed E-state index contributed by atoms with van der Waals surface area (Å²) in [6, 6.07) is 0. The molecule has 0 amide bonds. The third kappa shape index (κ3) is 11.8. The normalized spacial score (nSPS) is 13.0. The van der Waals surface area contributed by atoms with Gasteiger partial charge >= 0.3 is 0 Å². The van der Waals surface area contributed by atoms with Crippen molar-refractivity contribution in [1.82, 2.24) is 0 Å². The molecule has 0 aromatic rings. The highest BCUT2D eigenvalue weighted by atomic mass is 17.5. The van der Waals surface area contributed by atoms with E-state index in [9.17, 15) is 0 Å². The van der Waals surface area contributed by atoms with Crippen LogP contribution < -0.4 is 0 Å². The Hall–Kier alpha value is -0.120. The van der Waals surface area contributed by atoms with Crippen molar-refractivity contribution in [2.24, 2.45) is 0 Å². The number of hydrogen-bond acceptors (Lipinski definition) is 3. The van der Waals surface area contributed by atoms with Crippen molar-refractivity contribution >= 4 is 0 Å². The molecule has 15 heavy (non-hydrogen) atoms. The summed E-state index contributed by atoms with van der Waals surface area (Å²) >= 11 is 0. The molecule has 0 aromatic heterocycles. The molecule has 1 N–H and O–H groups in total. The van der Waals surface area contributed by atoms with Gasteiger partial charge in [0.1, 0.15) is 0 Å². The van der Waals surface area contributed by atoms with Gasteiger partial charge in [0.15, 0.2) is 0 Å². The zero-order chi connectivity index (χ0) is 11.4. The molecule has 0 saturated heterocycles. The second-order valence-electron chi connectivity index (χ2n) is 4.24. The predicted molar refractivity (Wildman–Crippen MR) is 61.5 cm³/mol. The van der Waals surface area contributed by atoms with E-state index in [4.69, 9.17) is 5.26 Å². The molecule has 1 atom stereocenters. The first-order valence-corrected chi connectivity index (χ1v) is 6.28. The SMILES string of the molecule is CCCCCCCCCCC(C)OOO. The lowest BCUT2D eigenvalue weighted by Gasteiger charge is -2.07. The summed E-state index contributed by atoms with van der Waals surface area (Å²) < 4.78 is 0. The fraction of sp³-hybridized carbons (Fsp3) is 1.00. The summed E-state index contributed by atoms with van der Waals surface area (Å²) in [5.74, 6) is 0. The van der Waals surface area contributed by atoms with Gasteiger partial charge in [0.2, 0.25) is 0 Å². The minimum atomic E-state index is -0.00455. The van der Waals surface area contributed by atoms with Gasteiger partial charge in [0.05, 0.1) is 6.10 Å². The Balaban J connectivity index is 2.98. The smallest absolute Gasteiger partial charge is 0.0933 e. The molecule has 0 fully saturated rings. The van der Waals surface area contributed by atoms with Crippen LogP contribution in [0.25, 0.3) is 0 Å². The minimum Gasteiger partial charge on any atom is -0.221 e. The van der Waals surface area contributed by atoms with Crippen LogP contribution in [-0.4, -0.2) is 11.4 Å². The van der Waals surface area contributed by atoms with Crippen molar-refractivity contribution < 1.29 is 15.2 Å². The Morgan fingerprint density at radius 3 is 2.00 bits per heavy atom. The zero-order valence-electron chi connectivity index (χ0n) is 10.2. The fourth-order valence-electron chi connectivity index (χ4n) is 1.69. The summed E-state index contributed by atoms with van der Waals surface area (Å²) in [5.41, 5.74) is 0. The molecular formula is C12H26O3. The van der Waals surface area contributed by atoms with E-state index in [0.29, 0.717) is 0 Å². The van der Waals surface area contributed by atoms with Crippen LogP contribution in [0.1, 0.15) is 71.6 Å². The second kappa shape index (κ2) is 12.0. The quantitative estimate of drug-likeness (QED) is 0.319. The topological polar surface area (TPSA) is 38.7 Å². The summed E-state index contributed by atoms with van der Waals surface area (Å²) in [4.78, 5) is 4.56. The van der Waals surface area contributed by atoms with E-state index in [1.165, 1.54) is 44.9 Å². The largest absolute Gasteiger partial charge is 0.221 e. The van der Waals surface area contributed by atoms with Crippen molar-refractivity contribution in [3.63, 3.8) is 0 Å². The van der Waals surface area contributed by atoms with Crippen LogP contribution in [0.4, 0.5) is 0 Å². The molecule has 0 bridgehead atoms. The average Bonchev–Trinajstić information content (AvgIpc) is 2.22. The highest BCUT2D eigenvalue weighted by molar-refractivity contribution is 4.50. The van der Waals surface area contributed by atoms with E-state index >= 15 is 0 Å². The molecule has 3 nitrogen and oxygen atoms in total. The van der Waals surface area contributed by atoms with Crippen molar-refractivity contribution in [1.29, 1.82) is 0 Å². The lowest BCUT2D eigenvalue weighted by atomic mass is 10.1. The van der Waals surface area contributed by atoms with Gasteiger partial charge in [-0.3, -0.25) is 0 Å². The Bertz CT molecular complexity index is 117. The Kier molecular flexibility index (Phi) is 11.9. The van der Waals surface area contributed by atoms with Crippen LogP contribution in [0, 0.1) is 0 Å². The van der Waals surface area contributed by atoms with Gasteiger partial charge in [-0.25, -0.2) is 10.1 Å². The van der Waals surface area contributed by atoms with Crippen LogP contribution in [0.5, 0.6) is 0 Å². The second-order valence-corrected chi connectivity index (χ2v) is 4.24. The van der Waals surface area contributed by atoms with Gasteiger partial charge in [-0.15, -0.1) is 0 Å². The molecule has 0 spiro atoms. The standard InChI is InChI=1S/C12H26O3/c1-3-4-5-6-7-8-9-10-11-12(2)14-15-13/h12-13H,3-11H2,1-2H3. The highest BCUT2D eigenvalue weighted by Gasteiger charge is 2.01. The van der Waals surface area contributed by atoms with E-state index < -0.39 is 0 Å². The highest BCUT2D eigenvalue weighted by Crippen LogP contribution is 2.11. The molecule has 0 aromatic carbocycles. The Morgan fingerprint density at radius 1 is 0.933 bits per heavy atom. The molecule has 0 rings (SSSR count). The van der Waals surface area contributed by atoms with E-state index in [1.54, 1.807) is 0 Å². The lowest BCUT2D eigenvalue weighted by Crippen LogP contribution is -2.06. The summed E-state index contributed by atoms with van der Waals surface area (Å²) in [6.45, 7) is 4.14. The summed E-state index contributed by atoms with van der Waals surface area (Å²) in [6.07, 6.45) is 11.5. The van der Waals surface area contributed by atoms with Crippen molar-refractivity contribution in [3.05, 3.63) is 0 Å². The van der Waals surface area contributed by atoms with Gasteiger partial charge in [-0.1, -0.05) is 63.3 Å². The minimum absolute atomic E-state index is 0.00455. The van der Waals surface area contributed by atoms with Crippen LogP contribution in [0.2, 0.25) is 0 Å². The maximum atomic E-state index is 8.04. The number of rotatable bonds is 11. The maximum Gasteiger partial charge on any atom is 0.0933 e. The van der Waals surface area contributed by atoms with E-state index in [-0.39, 0.29) is 6.10 Å².